The molecule has 4 aliphatic rings. The summed E-state index contributed by atoms with van der Waals surface area (Å²) in [6, 6.07) is 7.09. The van der Waals surface area contributed by atoms with Gasteiger partial charge in [-0.15, -0.1) is 0 Å². The van der Waals surface area contributed by atoms with E-state index in [0.717, 1.165) is 10.5 Å². The van der Waals surface area contributed by atoms with E-state index in [9.17, 15) is 28.8 Å². The zero-order chi connectivity index (χ0) is 31.9. The fourth-order valence-corrected chi connectivity index (χ4v) is 6.24. The number of aryl methyl sites for hydroxylation is 1. The van der Waals surface area contributed by atoms with Gasteiger partial charge in [-0.05, 0) is 49.1 Å². The molecule has 2 saturated heterocycles. The van der Waals surface area contributed by atoms with Crippen molar-refractivity contribution < 1.29 is 43.0 Å². The molecule has 4 N–H and O–H groups in total. The maximum Gasteiger partial charge on any atom is 0.262 e. The number of fused-ring (bicyclic) bond motifs is 2. The number of nitrogens with one attached hydrogen (secondary N) is 2. The lowest BCUT2D eigenvalue weighted by molar-refractivity contribution is -0.154. The molecule has 14 nitrogen and oxygen atoms in total. The first kappa shape index (κ1) is 30.1. The Morgan fingerprint density at radius 3 is 2.58 bits per heavy atom. The first-order valence-corrected chi connectivity index (χ1v) is 14.7. The van der Waals surface area contributed by atoms with Gasteiger partial charge in [0.15, 0.2) is 5.75 Å². The van der Waals surface area contributed by atoms with Crippen molar-refractivity contribution in [1.82, 2.24) is 20.4 Å². The minimum absolute atomic E-state index is 0.0481. The van der Waals surface area contributed by atoms with Crippen LogP contribution in [0.25, 0.3) is 0 Å². The van der Waals surface area contributed by atoms with Gasteiger partial charge < -0.3 is 30.2 Å². The number of methoxy groups -OCH3 is 1. The van der Waals surface area contributed by atoms with Crippen LogP contribution in [0, 0.1) is 0 Å². The number of hydrogen-bond donors (Lipinski definition) is 3. The molecule has 4 heterocycles. The topological polar surface area (TPSA) is 187 Å². The first-order valence-electron chi connectivity index (χ1n) is 14.7. The molecule has 1 unspecified atom stereocenters. The molecular formula is C31H33N5O9. The molecule has 0 bridgehead atoms. The normalized spacial score (nSPS) is 19.8. The molecule has 4 aliphatic heterocycles. The molecule has 14 heteroatoms. The van der Waals surface area contributed by atoms with Gasteiger partial charge in [-0.2, -0.15) is 0 Å². The highest BCUT2D eigenvalue weighted by Gasteiger charge is 2.50. The van der Waals surface area contributed by atoms with Crippen LogP contribution in [0.3, 0.4) is 0 Å². The fourth-order valence-electron chi connectivity index (χ4n) is 6.24. The third-order valence-electron chi connectivity index (χ3n) is 8.59. The van der Waals surface area contributed by atoms with Gasteiger partial charge in [-0.25, -0.2) is 0 Å². The number of nitrogens with two attached hydrogens (primary N) is 1. The first-order chi connectivity index (χ1) is 21.6. The molecule has 1 spiro atoms. The van der Waals surface area contributed by atoms with Crippen molar-refractivity contribution in [3.8, 4) is 11.5 Å². The number of hydrogen-bond acceptors (Lipinski definition) is 10. The van der Waals surface area contributed by atoms with E-state index in [0.29, 0.717) is 48.7 Å². The van der Waals surface area contributed by atoms with Crippen molar-refractivity contribution in [1.29, 1.82) is 0 Å². The summed E-state index contributed by atoms with van der Waals surface area (Å²) in [5.41, 5.74) is 7.11. The minimum atomic E-state index is -1.04. The number of para-hydroxylation sites is 1. The molecule has 0 saturated carbocycles. The summed E-state index contributed by atoms with van der Waals surface area (Å²) in [4.78, 5) is 78.0. The van der Waals surface area contributed by atoms with Crippen LogP contribution in [0.2, 0.25) is 0 Å². The minimum Gasteiger partial charge on any atom is -0.494 e. The summed E-state index contributed by atoms with van der Waals surface area (Å²) in [5.74, 6) is -1.87. The maximum absolute atomic E-state index is 13.2. The molecule has 0 aliphatic carbocycles. The molecule has 6 amide bonds. The molecule has 0 radical (unpaired) electrons. The lowest BCUT2D eigenvalue weighted by atomic mass is 9.83. The van der Waals surface area contributed by atoms with E-state index in [1.165, 1.54) is 7.11 Å². The molecule has 2 aromatic carbocycles. The van der Waals surface area contributed by atoms with Gasteiger partial charge in [0.05, 0.1) is 62.2 Å². The third kappa shape index (κ3) is 5.57. The second kappa shape index (κ2) is 11.8. The number of benzene rings is 2. The van der Waals surface area contributed by atoms with E-state index >= 15 is 0 Å². The Bertz CT molecular complexity index is 1620. The average Bonchev–Trinajstić information content (AvgIpc) is 3.24. The zero-order valence-corrected chi connectivity index (χ0v) is 24.7. The number of ether oxygens (including phenoxy) is 3. The quantitative estimate of drug-likeness (QED) is 0.202. The summed E-state index contributed by atoms with van der Waals surface area (Å²) >= 11 is 0. The van der Waals surface area contributed by atoms with E-state index < -0.39 is 35.3 Å². The third-order valence-corrected chi connectivity index (χ3v) is 8.59. The maximum atomic E-state index is 13.2. The molecule has 45 heavy (non-hydrogen) atoms. The van der Waals surface area contributed by atoms with E-state index in [1.54, 1.807) is 35.2 Å². The Balaban J connectivity index is 0.965. The number of amides is 6. The van der Waals surface area contributed by atoms with Crippen LogP contribution in [-0.4, -0.2) is 96.8 Å². The van der Waals surface area contributed by atoms with Gasteiger partial charge in [0.2, 0.25) is 17.7 Å². The smallest absolute Gasteiger partial charge is 0.262 e. The molecule has 0 aromatic heterocycles. The van der Waals surface area contributed by atoms with Crippen LogP contribution < -0.4 is 25.8 Å². The van der Waals surface area contributed by atoms with Gasteiger partial charge in [0.25, 0.3) is 17.7 Å². The lowest BCUT2D eigenvalue weighted by Crippen LogP contribution is -2.67. The molecule has 1 atom stereocenters. The summed E-state index contributed by atoms with van der Waals surface area (Å²) in [7, 11) is 1.44. The van der Waals surface area contributed by atoms with E-state index in [1.807, 2.05) is 0 Å². The number of carbonyl (C=O) groups excluding carboxylic acids is 6. The molecule has 236 valence electrons. The van der Waals surface area contributed by atoms with Crippen molar-refractivity contribution in [2.24, 2.45) is 0 Å². The van der Waals surface area contributed by atoms with Crippen LogP contribution in [0.1, 0.15) is 62.3 Å². The summed E-state index contributed by atoms with van der Waals surface area (Å²) in [5, 5.41) is 4.93. The van der Waals surface area contributed by atoms with Crippen molar-refractivity contribution in [3.05, 3.63) is 52.6 Å². The lowest BCUT2D eigenvalue weighted by Gasteiger charge is -2.51. The van der Waals surface area contributed by atoms with E-state index in [-0.39, 0.29) is 62.0 Å². The summed E-state index contributed by atoms with van der Waals surface area (Å²) in [6.45, 7) is 1.43. The van der Waals surface area contributed by atoms with Gasteiger partial charge >= 0.3 is 0 Å². The van der Waals surface area contributed by atoms with Crippen LogP contribution >= 0.6 is 0 Å². The number of nitrogens with zero attached hydrogens (tertiary/aromatic N) is 2. The monoisotopic (exact) mass is 619 g/mol. The van der Waals surface area contributed by atoms with E-state index in [2.05, 4.69) is 10.6 Å². The van der Waals surface area contributed by atoms with Crippen LogP contribution in [0.5, 0.6) is 11.5 Å². The molecule has 6 rings (SSSR count). The largest absolute Gasteiger partial charge is 0.494 e. The number of anilines is 1. The Kier molecular flexibility index (Phi) is 7.91. The summed E-state index contributed by atoms with van der Waals surface area (Å²) in [6.07, 6.45) is 1.54. The van der Waals surface area contributed by atoms with Gasteiger partial charge in [0.1, 0.15) is 17.4 Å². The standard InChI is InChI=1S/C31H33N5O9/c1-43-26-18(3-2-4-21(26)32)27(39)33-10-12-44-11-8-25(38)35-15-31(16-35)9-7-17-13-19-20(14-23(17)45-31)30(42)36(29(19)41)22-5-6-24(37)34-28(22)40/h2-4,13-14,22H,5-12,15-16,32H2,1H3,(H,33,39)(H,34,37,40). The van der Waals surface area contributed by atoms with Crippen molar-refractivity contribution in [3.63, 3.8) is 0 Å². The van der Waals surface area contributed by atoms with Gasteiger partial charge in [-0.1, -0.05) is 6.07 Å². The number of carbonyl (C=O) groups is 6. The Labute approximate surface area is 258 Å². The van der Waals surface area contributed by atoms with Crippen molar-refractivity contribution in [2.45, 2.75) is 43.7 Å². The average molecular weight is 620 g/mol. The number of rotatable bonds is 9. The Morgan fingerprint density at radius 2 is 1.84 bits per heavy atom. The number of likely N-dealkylation sites (tertiary alicyclic amines) is 1. The number of piperidine rings is 1. The Morgan fingerprint density at radius 1 is 1.09 bits per heavy atom. The predicted octanol–water partition coefficient (Wildman–Crippen LogP) is 0.421. The second-order valence-electron chi connectivity index (χ2n) is 11.5. The van der Waals surface area contributed by atoms with Crippen LogP contribution in [-0.2, 0) is 25.5 Å². The highest BCUT2D eigenvalue weighted by atomic mass is 16.5. The van der Waals surface area contributed by atoms with Gasteiger partial charge in [0, 0.05) is 13.0 Å². The molecular weight excluding hydrogens is 586 g/mol. The highest BCUT2D eigenvalue weighted by Crippen LogP contribution is 2.42. The second-order valence-corrected chi connectivity index (χ2v) is 11.5. The van der Waals surface area contributed by atoms with E-state index in [4.69, 9.17) is 19.9 Å². The Hall–Kier alpha value is -4.98. The molecule has 2 fully saturated rings. The van der Waals surface area contributed by atoms with Crippen LogP contribution in [0.4, 0.5) is 5.69 Å². The van der Waals surface area contributed by atoms with Crippen LogP contribution in [0.15, 0.2) is 30.3 Å². The number of imide groups is 2. The van der Waals surface area contributed by atoms with Gasteiger partial charge in [-0.3, -0.25) is 39.0 Å². The SMILES string of the molecule is COc1c(N)cccc1C(=O)NCCOCCC(=O)N1CC2(CCc3cc4c(cc3O2)C(=O)N(C2CCC(=O)NC2=O)C4=O)C1. The zero-order valence-electron chi connectivity index (χ0n) is 24.7. The molecule has 2 aromatic rings. The number of nitrogen functional groups attached to an aromatic ring is 1. The highest BCUT2D eigenvalue weighted by molar-refractivity contribution is 6.23. The fraction of sp³-hybridized carbons (Fsp3) is 0.419. The van der Waals surface area contributed by atoms with Crippen molar-refractivity contribution in [2.75, 3.05) is 45.7 Å². The predicted molar refractivity (Wildman–Crippen MR) is 157 cm³/mol. The van der Waals surface area contributed by atoms with Crippen molar-refractivity contribution >= 4 is 41.1 Å². The summed E-state index contributed by atoms with van der Waals surface area (Å²) < 4.78 is 17.1.